The molecular formula is C10H11N. The lowest BCUT2D eigenvalue weighted by atomic mass is 10.2. The number of nitrogens with zero attached hydrogens (tertiary/aromatic N) is 1. The van der Waals surface area contributed by atoms with Crippen LogP contribution >= 0.6 is 0 Å². The Labute approximate surface area is 67.2 Å². The number of hydrogen-bond acceptors (Lipinski definition) is 1. The molecule has 0 saturated heterocycles. The van der Waals surface area contributed by atoms with Crippen molar-refractivity contribution < 1.29 is 0 Å². The summed E-state index contributed by atoms with van der Waals surface area (Å²) in [4.78, 5) is 4.03. The summed E-state index contributed by atoms with van der Waals surface area (Å²) < 4.78 is 0. The lowest BCUT2D eigenvalue weighted by molar-refractivity contribution is 1.45. The SMILES string of the molecule is C=C1/C=C\C=C/C/C=N\C=C/1. The molecule has 1 nitrogen and oxygen atoms in total. The molecule has 0 aromatic heterocycles. The fourth-order valence-corrected chi connectivity index (χ4v) is 0.713. The highest BCUT2D eigenvalue weighted by Crippen LogP contribution is 1.97. The van der Waals surface area contributed by atoms with Crippen molar-refractivity contribution in [2.45, 2.75) is 6.42 Å². The van der Waals surface area contributed by atoms with Gasteiger partial charge >= 0.3 is 0 Å². The highest BCUT2D eigenvalue weighted by molar-refractivity contribution is 5.60. The molecule has 0 spiro atoms. The Morgan fingerprint density at radius 1 is 1.27 bits per heavy atom. The van der Waals surface area contributed by atoms with E-state index in [9.17, 15) is 0 Å². The van der Waals surface area contributed by atoms with E-state index in [2.05, 4.69) is 11.6 Å². The van der Waals surface area contributed by atoms with E-state index in [-0.39, 0.29) is 0 Å². The fraction of sp³-hybridized carbons (Fsp3) is 0.100. The van der Waals surface area contributed by atoms with Crippen LogP contribution in [0.25, 0.3) is 0 Å². The minimum atomic E-state index is 0.890. The second-order valence-electron chi connectivity index (χ2n) is 2.25. The summed E-state index contributed by atoms with van der Waals surface area (Å²) in [6, 6.07) is 0. The van der Waals surface area contributed by atoms with Gasteiger partial charge < -0.3 is 0 Å². The molecule has 1 aliphatic rings. The van der Waals surface area contributed by atoms with Crippen molar-refractivity contribution in [1.82, 2.24) is 0 Å². The van der Waals surface area contributed by atoms with Gasteiger partial charge in [-0.25, -0.2) is 0 Å². The lowest BCUT2D eigenvalue weighted by Gasteiger charge is -1.87. The van der Waals surface area contributed by atoms with Gasteiger partial charge in [0.1, 0.15) is 0 Å². The number of allylic oxidation sites excluding steroid dienone is 6. The summed E-state index contributed by atoms with van der Waals surface area (Å²) in [7, 11) is 0. The van der Waals surface area contributed by atoms with E-state index in [1.165, 1.54) is 0 Å². The van der Waals surface area contributed by atoms with Crippen molar-refractivity contribution in [3.63, 3.8) is 0 Å². The van der Waals surface area contributed by atoms with Gasteiger partial charge in [-0.2, -0.15) is 0 Å². The first kappa shape index (κ1) is 7.73. The smallest absolute Gasteiger partial charge is 0.0269 e. The normalized spacial score (nSPS) is 28.9. The molecule has 0 aromatic carbocycles. The molecule has 1 rings (SSSR count). The van der Waals surface area contributed by atoms with Crippen molar-refractivity contribution in [2.24, 2.45) is 4.99 Å². The summed E-state index contributed by atoms with van der Waals surface area (Å²) in [5.74, 6) is 0. The molecule has 0 unspecified atom stereocenters. The Morgan fingerprint density at radius 3 is 3.09 bits per heavy atom. The maximum absolute atomic E-state index is 4.03. The first-order valence-electron chi connectivity index (χ1n) is 3.60. The lowest BCUT2D eigenvalue weighted by Crippen LogP contribution is -1.71. The largest absolute Gasteiger partial charge is 0.269 e. The van der Waals surface area contributed by atoms with Gasteiger partial charge in [-0.3, -0.25) is 4.99 Å². The Hall–Kier alpha value is -1.37. The van der Waals surface area contributed by atoms with Crippen LogP contribution in [0.3, 0.4) is 0 Å². The van der Waals surface area contributed by atoms with Crippen molar-refractivity contribution in [2.75, 3.05) is 0 Å². The van der Waals surface area contributed by atoms with Gasteiger partial charge in [0.15, 0.2) is 0 Å². The third-order valence-corrected chi connectivity index (χ3v) is 1.28. The van der Waals surface area contributed by atoms with Crippen LogP contribution in [0.1, 0.15) is 6.42 Å². The minimum Gasteiger partial charge on any atom is -0.269 e. The molecule has 11 heavy (non-hydrogen) atoms. The molecule has 0 saturated carbocycles. The minimum absolute atomic E-state index is 0.890. The average Bonchev–Trinajstić information content (AvgIpc) is 2.03. The van der Waals surface area contributed by atoms with Crippen LogP contribution in [0.2, 0.25) is 0 Å². The van der Waals surface area contributed by atoms with E-state index in [1.54, 1.807) is 6.20 Å². The molecule has 1 heteroatoms. The van der Waals surface area contributed by atoms with E-state index >= 15 is 0 Å². The van der Waals surface area contributed by atoms with Crippen LogP contribution in [-0.2, 0) is 0 Å². The summed E-state index contributed by atoms with van der Waals surface area (Å²) >= 11 is 0. The second kappa shape index (κ2) is 4.45. The van der Waals surface area contributed by atoms with Crippen LogP contribution < -0.4 is 0 Å². The van der Waals surface area contributed by atoms with E-state index in [0.29, 0.717) is 0 Å². The first-order chi connectivity index (χ1) is 5.39. The van der Waals surface area contributed by atoms with E-state index in [1.807, 2.05) is 36.6 Å². The third kappa shape index (κ3) is 3.36. The van der Waals surface area contributed by atoms with Gasteiger partial charge in [-0.05, 0) is 11.6 Å². The summed E-state index contributed by atoms with van der Waals surface area (Å²) in [5.41, 5.74) is 0.966. The van der Waals surface area contributed by atoms with Crippen LogP contribution in [0.4, 0.5) is 0 Å². The Kier molecular flexibility index (Phi) is 3.13. The van der Waals surface area contributed by atoms with Gasteiger partial charge in [0.2, 0.25) is 0 Å². The predicted molar refractivity (Wildman–Crippen MR) is 49.7 cm³/mol. The van der Waals surface area contributed by atoms with E-state index in [0.717, 1.165) is 12.0 Å². The van der Waals surface area contributed by atoms with Crippen LogP contribution in [-0.4, -0.2) is 6.21 Å². The maximum atomic E-state index is 4.03. The van der Waals surface area contributed by atoms with Crippen molar-refractivity contribution in [1.29, 1.82) is 0 Å². The van der Waals surface area contributed by atoms with Gasteiger partial charge in [0.05, 0.1) is 0 Å². The Morgan fingerprint density at radius 2 is 2.18 bits per heavy atom. The standard InChI is InChI=1S/C10H11N/c1-10-6-4-2-3-5-8-11-9-7-10/h2-4,6-9H,1,5H2/b3-2-,6-4-,9-7-,11-8-. The zero-order valence-electron chi connectivity index (χ0n) is 6.40. The fourth-order valence-electron chi connectivity index (χ4n) is 0.713. The first-order valence-corrected chi connectivity index (χ1v) is 3.60. The van der Waals surface area contributed by atoms with Gasteiger partial charge in [0.25, 0.3) is 0 Å². The molecule has 0 aromatic rings. The molecule has 0 amide bonds. The third-order valence-electron chi connectivity index (χ3n) is 1.28. The highest BCUT2D eigenvalue weighted by atomic mass is 14.7. The van der Waals surface area contributed by atoms with E-state index < -0.39 is 0 Å². The molecular weight excluding hydrogens is 134 g/mol. The van der Waals surface area contributed by atoms with E-state index in [4.69, 9.17) is 0 Å². The zero-order chi connectivity index (χ0) is 7.94. The topological polar surface area (TPSA) is 12.4 Å². The molecule has 0 radical (unpaired) electrons. The summed E-state index contributed by atoms with van der Waals surface area (Å²) in [5, 5.41) is 0. The Balaban J connectivity index is 2.69. The number of rotatable bonds is 0. The molecule has 1 aliphatic heterocycles. The molecule has 56 valence electrons. The number of aliphatic imine (C=N–C) groups is 1. The highest BCUT2D eigenvalue weighted by Gasteiger charge is 1.78. The van der Waals surface area contributed by atoms with Gasteiger partial charge in [0, 0.05) is 18.8 Å². The second-order valence-corrected chi connectivity index (χ2v) is 2.25. The molecule has 0 atom stereocenters. The summed E-state index contributed by atoms with van der Waals surface area (Å²) in [6.45, 7) is 3.81. The predicted octanol–water partition coefficient (Wildman–Crippen LogP) is 2.64. The maximum Gasteiger partial charge on any atom is 0.0269 e. The Bertz CT molecular complexity index is 218. The average molecular weight is 145 g/mol. The van der Waals surface area contributed by atoms with Crippen LogP contribution in [0.15, 0.2) is 53.7 Å². The van der Waals surface area contributed by atoms with Crippen LogP contribution in [0, 0.1) is 0 Å². The van der Waals surface area contributed by atoms with Crippen LogP contribution in [0.5, 0.6) is 0 Å². The molecule has 0 aliphatic carbocycles. The molecule has 0 fully saturated rings. The molecule has 0 N–H and O–H groups in total. The summed E-state index contributed by atoms with van der Waals surface area (Å²) in [6.07, 6.45) is 14.4. The van der Waals surface area contributed by atoms with Crippen molar-refractivity contribution >= 4 is 6.21 Å². The monoisotopic (exact) mass is 145 g/mol. The quantitative estimate of drug-likeness (QED) is 0.497. The van der Waals surface area contributed by atoms with Gasteiger partial charge in [-0.15, -0.1) is 0 Å². The van der Waals surface area contributed by atoms with Crippen molar-refractivity contribution in [3.05, 3.63) is 48.7 Å². The van der Waals surface area contributed by atoms with Gasteiger partial charge in [-0.1, -0.05) is 30.9 Å². The molecule has 1 heterocycles. The number of hydrogen-bond donors (Lipinski definition) is 0. The van der Waals surface area contributed by atoms with Crippen molar-refractivity contribution in [3.8, 4) is 0 Å². The molecule has 0 bridgehead atoms. The zero-order valence-corrected chi connectivity index (χ0v) is 6.40.